The number of carbonyl (C=O) groups excluding carboxylic acids is 1. The van der Waals surface area contributed by atoms with E-state index < -0.39 is 0 Å². The van der Waals surface area contributed by atoms with Crippen molar-refractivity contribution < 1.29 is 9.53 Å². The Bertz CT molecular complexity index is 633. The average molecular weight is 346 g/mol. The van der Waals surface area contributed by atoms with Crippen LogP contribution in [0.3, 0.4) is 0 Å². The van der Waals surface area contributed by atoms with Crippen molar-refractivity contribution in [1.82, 2.24) is 15.5 Å². The number of methoxy groups -OCH3 is 1. The highest BCUT2D eigenvalue weighted by atomic mass is 32.2. The van der Waals surface area contributed by atoms with Crippen LogP contribution in [0.1, 0.15) is 17.4 Å². The summed E-state index contributed by atoms with van der Waals surface area (Å²) >= 11 is 1.74. The fraction of sp³-hybridized carbons (Fsp3) is 0.529. The topological polar surface area (TPSA) is 77.4 Å². The molecule has 3 atom stereocenters. The quantitative estimate of drug-likeness (QED) is 0.618. The van der Waals surface area contributed by atoms with Gasteiger partial charge in [-0.25, -0.2) is 0 Å². The summed E-state index contributed by atoms with van der Waals surface area (Å²) < 4.78 is 5.42. The van der Waals surface area contributed by atoms with Gasteiger partial charge >= 0.3 is 0 Å². The Hall–Kier alpha value is -1.91. The molecule has 7 heteroatoms. The molecule has 128 valence electrons. The fourth-order valence-corrected chi connectivity index (χ4v) is 4.54. The van der Waals surface area contributed by atoms with Gasteiger partial charge in [0.2, 0.25) is 5.91 Å². The van der Waals surface area contributed by atoms with Gasteiger partial charge < -0.3 is 15.0 Å². The molecule has 2 unspecified atom stereocenters. The summed E-state index contributed by atoms with van der Waals surface area (Å²) in [4.78, 5) is 14.7. The Kier molecular flexibility index (Phi) is 5.48. The van der Waals surface area contributed by atoms with Crippen LogP contribution in [0.25, 0.3) is 0 Å². The van der Waals surface area contributed by atoms with E-state index in [1.54, 1.807) is 18.9 Å². The van der Waals surface area contributed by atoms with E-state index in [1.165, 1.54) is 0 Å². The number of para-hydroxylation sites is 1. The van der Waals surface area contributed by atoms with Crippen LogP contribution < -0.4 is 15.4 Å². The summed E-state index contributed by atoms with van der Waals surface area (Å²) in [6.45, 7) is 2.16. The molecule has 0 saturated carbocycles. The molecule has 2 aliphatic rings. The zero-order valence-corrected chi connectivity index (χ0v) is 14.5. The van der Waals surface area contributed by atoms with Crippen LogP contribution >= 0.6 is 11.8 Å². The predicted octanol–water partition coefficient (Wildman–Crippen LogP) is 1.32. The Labute approximate surface area is 146 Å². The highest BCUT2D eigenvalue weighted by Crippen LogP contribution is 2.38. The summed E-state index contributed by atoms with van der Waals surface area (Å²) in [5.74, 6) is 2.14. The van der Waals surface area contributed by atoms with Crippen LogP contribution in [0, 0.1) is 17.4 Å². The monoisotopic (exact) mass is 346 g/mol. The number of thioether (sulfide) groups is 1. The van der Waals surface area contributed by atoms with E-state index >= 15 is 0 Å². The maximum Gasteiger partial charge on any atom is 0.240 e. The number of likely N-dealkylation sites (tertiary alicyclic amines) is 1. The predicted molar refractivity (Wildman–Crippen MR) is 93.4 cm³/mol. The van der Waals surface area contributed by atoms with Crippen LogP contribution in [0.4, 0.5) is 0 Å². The molecule has 1 amide bonds. The number of nitrogens with one attached hydrogen (secondary N) is 2. The molecule has 0 radical (unpaired) electrons. The summed E-state index contributed by atoms with van der Waals surface area (Å²) in [7, 11) is 1.67. The summed E-state index contributed by atoms with van der Waals surface area (Å²) in [5.41, 5.74) is 1.08. The summed E-state index contributed by atoms with van der Waals surface area (Å²) in [6, 6.07) is 7.76. The first kappa shape index (κ1) is 16.9. The van der Waals surface area contributed by atoms with Crippen molar-refractivity contribution in [2.24, 2.45) is 5.92 Å². The van der Waals surface area contributed by atoms with Crippen molar-refractivity contribution in [3.8, 4) is 11.9 Å². The lowest BCUT2D eigenvalue weighted by Gasteiger charge is -2.21. The molecule has 6 nitrogen and oxygen atoms in total. The van der Waals surface area contributed by atoms with Crippen molar-refractivity contribution in [3.63, 3.8) is 0 Å². The number of ether oxygens (including phenoxy) is 1. The highest BCUT2D eigenvalue weighted by molar-refractivity contribution is 7.99. The van der Waals surface area contributed by atoms with E-state index in [4.69, 9.17) is 10.00 Å². The molecule has 3 rings (SSSR count). The minimum absolute atomic E-state index is 0.0776. The minimum atomic E-state index is -0.160. The lowest BCUT2D eigenvalue weighted by molar-refractivity contribution is -0.131. The molecule has 1 aromatic rings. The molecule has 2 N–H and O–H groups in total. The van der Waals surface area contributed by atoms with E-state index in [0.717, 1.165) is 36.6 Å². The second-order valence-electron chi connectivity index (χ2n) is 6.11. The van der Waals surface area contributed by atoms with E-state index in [9.17, 15) is 4.79 Å². The lowest BCUT2D eigenvalue weighted by Crippen LogP contribution is -2.44. The first-order valence-corrected chi connectivity index (χ1v) is 9.19. The summed E-state index contributed by atoms with van der Waals surface area (Å²) in [5, 5.41) is 14.8. The number of nitrogens with zero attached hydrogens (tertiary/aromatic N) is 2. The number of rotatable bonds is 5. The smallest absolute Gasteiger partial charge is 0.240 e. The van der Waals surface area contributed by atoms with Gasteiger partial charge in [-0.3, -0.25) is 10.1 Å². The third-order valence-electron chi connectivity index (χ3n) is 4.57. The molecule has 0 bridgehead atoms. The molecular formula is C17H22N4O2S. The number of carbonyl (C=O) groups is 1. The Morgan fingerprint density at radius 1 is 1.54 bits per heavy atom. The van der Waals surface area contributed by atoms with Gasteiger partial charge in [-0.1, -0.05) is 18.2 Å². The molecular weight excluding hydrogens is 324 g/mol. The normalized spacial score (nSPS) is 26.2. The van der Waals surface area contributed by atoms with Crippen LogP contribution in [0.2, 0.25) is 0 Å². The average Bonchev–Trinajstić information content (AvgIpc) is 3.29. The number of hydrogen-bond donors (Lipinski definition) is 2. The van der Waals surface area contributed by atoms with Crippen LogP contribution in [0.5, 0.6) is 5.75 Å². The van der Waals surface area contributed by atoms with Crippen molar-refractivity contribution in [1.29, 1.82) is 5.26 Å². The van der Waals surface area contributed by atoms with Crippen molar-refractivity contribution in [2.75, 3.05) is 32.5 Å². The van der Waals surface area contributed by atoms with Crippen molar-refractivity contribution in [2.45, 2.75) is 17.8 Å². The first-order valence-electron chi connectivity index (χ1n) is 8.14. The number of benzene rings is 1. The second-order valence-corrected chi connectivity index (χ2v) is 7.24. The highest BCUT2D eigenvalue weighted by Gasteiger charge is 2.36. The molecule has 0 aliphatic carbocycles. The Balaban J connectivity index is 1.58. The van der Waals surface area contributed by atoms with E-state index in [1.807, 2.05) is 35.4 Å². The number of hydrogen-bond acceptors (Lipinski definition) is 6. The van der Waals surface area contributed by atoms with Crippen molar-refractivity contribution in [3.05, 3.63) is 29.8 Å². The number of amides is 1. The van der Waals surface area contributed by atoms with Gasteiger partial charge in [0.05, 0.1) is 18.5 Å². The molecule has 2 heterocycles. The Morgan fingerprint density at radius 2 is 2.38 bits per heavy atom. The molecule has 24 heavy (non-hydrogen) atoms. The lowest BCUT2D eigenvalue weighted by atomic mass is 10.1. The first-order chi connectivity index (χ1) is 11.7. The van der Waals surface area contributed by atoms with Gasteiger partial charge in [-0.2, -0.15) is 5.26 Å². The molecule has 2 saturated heterocycles. The number of nitriles is 1. The van der Waals surface area contributed by atoms with Gasteiger partial charge in [0, 0.05) is 31.0 Å². The zero-order valence-electron chi connectivity index (χ0n) is 13.7. The van der Waals surface area contributed by atoms with Crippen LogP contribution in [-0.2, 0) is 4.79 Å². The van der Waals surface area contributed by atoms with Gasteiger partial charge in [0.15, 0.2) is 6.19 Å². The van der Waals surface area contributed by atoms with E-state index in [2.05, 4.69) is 10.6 Å². The SMILES string of the molecule is COc1ccccc1C1NC(C(=O)N2CC[C@H](CNC#N)C2)CS1. The van der Waals surface area contributed by atoms with Gasteiger partial charge in [-0.15, -0.1) is 11.8 Å². The van der Waals surface area contributed by atoms with Gasteiger partial charge in [-0.05, 0) is 18.4 Å². The van der Waals surface area contributed by atoms with E-state index in [0.29, 0.717) is 12.5 Å². The second kappa shape index (κ2) is 7.77. The van der Waals surface area contributed by atoms with Gasteiger partial charge in [0.25, 0.3) is 0 Å². The molecule has 2 fully saturated rings. The third kappa shape index (κ3) is 3.60. The maximum atomic E-state index is 12.7. The fourth-order valence-electron chi connectivity index (χ4n) is 3.29. The van der Waals surface area contributed by atoms with Crippen LogP contribution in [-0.4, -0.2) is 49.3 Å². The summed E-state index contributed by atoms with van der Waals surface area (Å²) in [6.07, 6.45) is 2.90. The molecule has 0 spiro atoms. The minimum Gasteiger partial charge on any atom is -0.496 e. The Morgan fingerprint density at radius 3 is 3.17 bits per heavy atom. The molecule has 1 aromatic carbocycles. The zero-order chi connectivity index (χ0) is 16.9. The maximum absolute atomic E-state index is 12.7. The van der Waals surface area contributed by atoms with E-state index in [-0.39, 0.29) is 17.3 Å². The third-order valence-corrected chi connectivity index (χ3v) is 5.82. The van der Waals surface area contributed by atoms with Gasteiger partial charge in [0.1, 0.15) is 5.75 Å². The van der Waals surface area contributed by atoms with Crippen molar-refractivity contribution >= 4 is 17.7 Å². The molecule has 0 aromatic heterocycles. The molecule has 2 aliphatic heterocycles. The largest absolute Gasteiger partial charge is 0.496 e. The van der Waals surface area contributed by atoms with Crippen LogP contribution in [0.15, 0.2) is 24.3 Å². The standard InChI is InChI=1S/C17H22N4O2S/c1-23-15-5-3-2-4-13(15)16-20-14(10-24-16)17(22)21-7-6-12(9-21)8-19-11-18/h2-5,12,14,16,19-20H,6-10H2,1H3/t12-,14?,16?/m1/s1.